The number of carbonyl (C=O) groups is 2. The number of hydrogen-bond donors (Lipinski definition) is 3. The number of aliphatic hydroxyl groups is 1. The van der Waals surface area contributed by atoms with Crippen LogP contribution in [0, 0.1) is 5.41 Å². The molecule has 2 heterocycles. The van der Waals surface area contributed by atoms with Gasteiger partial charge in [-0.2, -0.15) is 0 Å². The minimum atomic E-state index is -1.22. The van der Waals surface area contributed by atoms with E-state index in [9.17, 15) is 14.7 Å². The quantitative estimate of drug-likeness (QED) is 0.299. The lowest BCUT2D eigenvalue weighted by Crippen LogP contribution is -2.57. The first-order chi connectivity index (χ1) is 18.0. The average Bonchev–Trinajstić information content (AvgIpc) is 3.15. The third kappa shape index (κ3) is 4.70. The van der Waals surface area contributed by atoms with Gasteiger partial charge in [-0.05, 0) is 53.6 Å². The van der Waals surface area contributed by atoms with Crippen LogP contribution in [0.3, 0.4) is 0 Å². The van der Waals surface area contributed by atoms with E-state index in [1.54, 1.807) is 18.2 Å². The molecule has 2 aliphatic rings. The molecule has 198 valence electrons. The predicted octanol–water partition coefficient (Wildman–Crippen LogP) is 6.39. The zero-order valence-electron chi connectivity index (χ0n) is 20.9. The lowest BCUT2D eigenvalue weighted by molar-refractivity contribution is -0.131. The second kappa shape index (κ2) is 10.2. The highest BCUT2D eigenvalue weighted by molar-refractivity contribution is 9.10. The first-order valence-corrected chi connectivity index (χ1v) is 13.8. The van der Waals surface area contributed by atoms with Crippen LogP contribution in [0.15, 0.2) is 65.1 Å². The Morgan fingerprint density at radius 2 is 1.84 bits per heavy atom. The molecule has 2 amide bonds. The summed E-state index contributed by atoms with van der Waals surface area (Å²) in [7, 11) is 0. The van der Waals surface area contributed by atoms with Crippen molar-refractivity contribution in [2.75, 3.05) is 18.5 Å². The number of benzene rings is 3. The van der Waals surface area contributed by atoms with Crippen molar-refractivity contribution in [3.05, 3.63) is 91.9 Å². The van der Waals surface area contributed by atoms with E-state index in [1.165, 1.54) is 0 Å². The maximum absolute atomic E-state index is 14.2. The van der Waals surface area contributed by atoms with Gasteiger partial charge in [-0.15, -0.1) is 0 Å². The number of ether oxygens (including phenoxy) is 1. The topological polar surface area (TPSA) is 87.7 Å². The van der Waals surface area contributed by atoms with Gasteiger partial charge in [0, 0.05) is 43.5 Å². The smallest absolute Gasteiger partial charge is 0.238 e. The number of carbonyl (C=O) groups excluding carboxylic acids is 2. The Bertz CT molecular complexity index is 1430. The van der Waals surface area contributed by atoms with E-state index in [0.29, 0.717) is 27.0 Å². The summed E-state index contributed by atoms with van der Waals surface area (Å²) in [6, 6.07) is 17.4. The lowest BCUT2D eigenvalue weighted by atomic mass is 9.59. The van der Waals surface area contributed by atoms with Crippen molar-refractivity contribution >= 4 is 56.6 Å². The molecule has 3 atom stereocenters. The summed E-state index contributed by atoms with van der Waals surface area (Å²) in [6.45, 7) is 3.97. The Morgan fingerprint density at radius 3 is 2.58 bits per heavy atom. The van der Waals surface area contributed by atoms with Gasteiger partial charge in [0.2, 0.25) is 11.8 Å². The van der Waals surface area contributed by atoms with E-state index in [2.05, 4.69) is 26.6 Å². The van der Waals surface area contributed by atoms with Crippen LogP contribution in [0.1, 0.15) is 48.9 Å². The third-order valence-electron chi connectivity index (χ3n) is 7.33. The van der Waals surface area contributed by atoms with E-state index in [-0.39, 0.29) is 31.4 Å². The van der Waals surface area contributed by atoms with Gasteiger partial charge < -0.3 is 20.5 Å². The molecule has 3 unspecified atom stereocenters. The summed E-state index contributed by atoms with van der Waals surface area (Å²) in [6.07, 6.45) is 0.0913. The standard InChI is InChI=1S/C29H27BrCl2N2O4/c1-28(2,14-35)15-38-24-9-6-17(30)11-20(24)26-29(21-8-7-19(32)12-23(21)33-27(29)37)22(13-25(36)34-26)16-4-3-5-18(31)10-16/h3-12,22,26,35H,13-15H2,1-2H3,(H,33,37)(H,34,36). The average molecular weight is 618 g/mol. The number of fused-ring (bicyclic) bond motifs is 2. The molecule has 6 nitrogen and oxygen atoms in total. The van der Waals surface area contributed by atoms with Gasteiger partial charge in [0.25, 0.3) is 0 Å². The van der Waals surface area contributed by atoms with Crippen molar-refractivity contribution in [3.63, 3.8) is 0 Å². The highest BCUT2D eigenvalue weighted by Crippen LogP contribution is 2.58. The molecule has 0 aliphatic carbocycles. The Balaban J connectivity index is 1.75. The Labute approximate surface area is 239 Å². The van der Waals surface area contributed by atoms with Crippen LogP contribution in [-0.4, -0.2) is 30.1 Å². The summed E-state index contributed by atoms with van der Waals surface area (Å²) in [4.78, 5) is 27.5. The normalized spacial score (nSPS) is 22.7. The van der Waals surface area contributed by atoms with Crippen molar-refractivity contribution < 1.29 is 19.4 Å². The second-order valence-electron chi connectivity index (χ2n) is 10.6. The van der Waals surface area contributed by atoms with Crippen LogP contribution in [-0.2, 0) is 15.0 Å². The van der Waals surface area contributed by atoms with Crippen molar-refractivity contribution in [2.45, 2.75) is 37.6 Å². The number of anilines is 1. The summed E-state index contributed by atoms with van der Waals surface area (Å²) >= 11 is 16.3. The second-order valence-corrected chi connectivity index (χ2v) is 12.4. The molecule has 3 aromatic rings. The summed E-state index contributed by atoms with van der Waals surface area (Å²) in [5.41, 5.74) is 1.07. The van der Waals surface area contributed by atoms with E-state index in [0.717, 1.165) is 15.6 Å². The summed E-state index contributed by atoms with van der Waals surface area (Å²) < 4.78 is 7.00. The molecule has 1 fully saturated rings. The summed E-state index contributed by atoms with van der Waals surface area (Å²) in [5, 5.41) is 16.9. The number of aliphatic hydroxyl groups excluding tert-OH is 1. The molecule has 1 saturated heterocycles. The maximum atomic E-state index is 14.2. The minimum absolute atomic E-state index is 0.0592. The number of halogens is 3. The molecule has 1 spiro atoms. The molecule has 3 aromatic carbocycles. The van der Waals surface area contributed by atoms with Crippen molar-refractivity contribution in [1.29, 1.82) is 0 Å². The van der Waals surface area contributed by atoms with Crippen LogP contribution >= 0.6 is 39.1 Å². The van der Waals surface area contributed by atoms with Gasteiger partial charge in [0.15, 0.2) is 0 Å². The van der Waals surface area contributed by atoms with Gasteiger partial charge in [-0.3, -0.25) is 9.59 Å². The monoisotopic (exact) mass is 616 g/mol. The summed E-state index contributed by atoms with van der Waals surface area (Å²) in [5.74, 6) is -0.446. The van der Waals surface area contributed by atoms with Crippen molar-refractivity contribution in [1.82, 2.24) is 5.32 Å². The molecule has 2 aliphatic heterocycles. The van der Waals surface area contributed by atoms with E-state index in [4.69, 9.17) is 27.9 Å². The molecule has 0 radical (unpaired) electrons. The van der Waals surface area contributed by atoms with Gasteiger partial charge in [0.05, 0.1) is 19.3 Å². The van der Waals surface area contributed by atoms with Crippen molar-refractivity contribution in [3.8, 4) is 5.75 Å². The molecule has 0 bridgehead atoms. The van der Waals surface area contributed by atoms with Gasteiger partial charge >= 0.3 is 0 Å². The largest absolute Gasteiger partial charge is 0.493 e. The maximum Gasteiger partial charge on any atom is 0.238 e. The fourth-order valence-corrected chi connectivity index (χ4v) is 6.21. The number of rotatable bonds is 6. The number of hydrogen-bond acceptors (Lipinski definition) is 4. The number of nitrogens with one attached hydrogen (secondary N) is 2. The highest BCUT2D eigenvalue weighted by Gasteiger charge is 2.61. The molecular formula is C29H27BrCl2N2O4. The SMILES string of the molecule is CC(C)(CO)COc1ccc(Br)cc1C1NC(=O)CC(c2cccc(Cl)c2)C12C(=O)Nc1cc(Cl)ccc12. The molecule has 0 aromatic heterocycles. The van der Waals surface area contributed by atoms with Gasteiger partial charge in [-0.1, -0.05) is 71.2 Å². The van der Waals surface area contributed by atoms with E-state index in [1.807, 2.05) is 56.3 Å². The molecule has 38 heavy (non-hydrogen) atoms. The molecule has 9 heteroatoms. The molecule has 0 saturated carbocycles. The van der Waals surface area contributed by atoms with Crippen LogP contribution in [0.5, 0.6) is 5.75 Å². The first-order valence-electron chi connectivity index (χ1n) is 12.2. The number of amides is 2. The lowest BCUT2D eigenvalue weighted by Gasteiger charge is -2.46. The highest BCUT2D eigenvalue weighted by atomic mass is 79.9. The fraction of sp³-hybridized carbons (Fsp3) is 0.310. The van der Waals surface area contributed by atoms with Crippen LogP contribution in [0.25, 0.3) is 0 Å². The first kappa shape index (κ1) is 27.0. The Kier molecular flexibility index (Phi) is 7.24. The fourth-order valence-electron chi connectivity index (χ4n) is 5.46. The van der Waals surface area contributed by atoms with Gasteiger partial charge in [-0.25, -0.2) is 0 Å². The van der Waals surface area contributed by atoms with Crippen LogP contribution in [0.4, 0.5) is 5.69 Å². The van der Waals surface area contributed by atoms with Crippen LogP contribution in [0.2, 0.25) is 10.0 Å². The van der Waals surface area contributed by atoms with Crippen LogP contribution < -0.4 is 15.4 Å². The Morgan fingerprint density at radius 1 is 1.08 bits per heavy atom. The van der Waals surface area contributed by atoms with E-state index < -0.39 is 22.8 Å². The van der Waals surface area contributed by atoms with E-state index >= 15 is 0 Å². The minimum Gasteiger partial charge on any atom is -0.493 e. The van der Waals surface area contributed by atoms with Gasteiger partial charge in [0.1, 0.15) is 11.2 Å². The molecule has 5 rings (SSSR count). The number of piperidine rings is 1. The molecule has 3 N–H and O–H groups in total. The predicted molar refractivity (Wildman–Crippen MR) is 152 cm³/mol. The Hall–Kier alpha value is -2.58. The zero-order valence-corrected chi connectivity index (χ0v) is 24.0. The third-order valence-corrected chi connectivity index (χ3v) is 8.29. The molecular weight excluding hydrogens is 591 g/mol. The zero-order chi connectivity index (χ0) is 27.2. The van der Waals surface area contributed by atoms with Crippen molar-refractivity contribution in [2.24, 2.45) is 5.41 Å².